The average molecular weight is 433 g/mol. The van der Waals surface area contributed by atoms with Crippen molar-refractivity contribution in [3.05, 3.63) is 58.1 Å². The summed E-state index contributed by atoms with van der Waals surface area (Å²) in [5.41, 5.74) is 1.66. The molecule has 1 aromatic heterocycles. The van der Waals surface area contributed by atoms with Gasteiger partial charge in [-0.3, -0.25) is 4.79 Å². The molecule has 0 aliphatic heterocycles. The van der Waals surface area contributed by atoms with E-state index in [9.17, 15) is 4.79 Å². The molecule has 1 amide bonds. The number of carbonyl (C=O) groups is 1. The number of nitrogen functional groups attached to an aromatic ring is 1. The number of rotatable bonds is 5. The van der Waals surface area contributed by atoms with Crippen LogP contribution in [0.25, 0.3) is 11.4 Å². The van der Waals surface area contributed by atoms with E-state index in [1.807, 2.05) is 6.07 Å². The third-order valence-corrected chi connectivity index (χ3v) is 5.39. The van der Waals surface area contributed by atoms with Crippen molar-refractivity contribution in [3.8, 4) is 17.5 Å². The number of halogens is 2. The van der Waals surface area contributed by atoms with Gasteiger partial charge in [-0.2, -0.15) is 5.26 Å². The fourth-order valence-corrected chi connectivity index (χ4v) is 3.44. The molecular formula is C18H14Cl2N6OS. The van der Waals surface area contributed by atoms with Crippen LogP contribution in [0, 0.1) is 11.3 Å². The summed E-state index contributed by atoms with van der Waals surface area (Å²) in [5, 5.41) is 20.5. The van der Waals surface area contributed by atoms with Crippen LogP contribution >= 0.6 is 35.0 Å². The summed E-state index contributed by atoms with van der Waals surface area (Å²) in [5.74, 6) is 6.20. The first-order valence-corrected chi connectivity index (χ1v) is 9.66. The Morgan fingerprint density at radius 3 is 2.64 bits per heavy atom. The van der Waals surface area contributed by atoms with Crippen LogP contribution < -0.4 is 11.2 Å². The number of carbonyl (C=O) groups excluding carboxylic acids is 1. The second-order valence-electron chi connectivity index (χ2n) is 5.74. The van der Waals surface area contributed by atoms with Crippen molar-refractivity contribution in [1.29, 1.82) is 5.26 Å². The molecule has 0 radical (unpaired) electrons. The standard InChI is InChI=1S/C18H14Cl2N6OS/c1-10(17(27)23-13-5-2-11(9-21)3-6-13)28-18-25-24-16(26(18)22)14-8-12(19)4-7-15(14)20/h2-8,10H,22H2,1H3,(H,23,27). The van der Waals surface area contributed by atoms with Gasteiger partial charge in [0.25, 0.3) is 0 Å². The summed E-state index contributed by atoms with van der Waals surface area (Å²) in [7, 11) is 0. The molecule has 0 saturated heterocycles. The van der Waals surface area contributed by atoms with Gasteiger partial charge >= 0.3 is 0 Å². The van der Waals surface area contributed by atoms with Crippen molar-refractivity contribution < 1.29 is 4.79 Å². The number of benzene rings is 2. The first-order valence-electron chi connectivity index (χ1n) is 8.02. The van der Waals surface area contributed by atoms with Crippen molar-refractivity contribution in [1.82, 2.24) is 14.9 Å². The monoisotopic (exact) mass is 432 g/mol. The summed E-state index contributed by atoms with van der Waals surface area (Å²) >= 11 is 13.4. The summed E-state index contributed by atoms with van der Waals surface area (Å²) in [6.45, 7) is 1.73. The molecule has 0 aliphatic rings. The molecule has 1 atom stereocenters. The maximum atomic E-state index is 12.4. The highest BCUT2D eigenvalue weighted by Crippen LogP contribution is 2.31. The topological polar surface area (TPSA) is 110 Å². The van der Waals surface area contributed by atoms with E-state index in [1.54, 1.807) is 49.4 Å². The van der Waals surface area contributed by atoms with Gasteiger partial charge in [0, 0.05) is 16.3 Å². The predicted octanol–water partition coefficient (Wildman–Crippen LogP) is 3.96. The SMILES string of the molecule is CC(Sc1nnc(-c2cc(Cl)ccc2Cl)n1N)C(=O)Nc1ccc(C#N)cc1. The van der Waals surface area contributed by atoms with Crippen LogP contribution in [-0.4, -0.2) is 26.0 Å². The van der Waals surface area contributed by atoms with Gasteiger partial charge in [-0.25, -0.2) is 4.68 Å². The first-order chi connectivity index (χ1) is 13.4. The normalized spacial score (nSPS) is 11.6. The van der Waals surface area contributed by atoms with E-state index in [2.05, 4.69) is 15.5 Å². The minimum absolute atomic E-state index is 0.236. The van der Waals surface area contributed by atoms with Crippen LogP contribution in [0.15, 0.2) is 47.6 Å². The molecule has 7 nitrogen and oxygen atoms in total. The molecule has 10 heteroatoms. The molecule has 0 aliphatic carbocycles. The molecule has 2 aromatic carbocycles. The number of anilines is 1. The van der Waals surface area contributed by atoms with Crippen molar-refractivity contribution in [3.63, 3.8) is 0 Å². The van der Waals surface area contributed by atoms with Gasteiger partial charge in [0.05, 0.1) is 21.9 Å². The molecule has 3 N–H and O–H groups in total. The second-order valence-corrected chi connectivity index (χ2v) is 7.89. The largest absolute Gasteiger partial charge is 0.335 e. The molecule has 1 unspecified atom stereocenters. The Hall–Kier alpha value is -2.73. The lowest BCUT2D eigenvalue weighted by atomic mass is 10.2. The van der Waals surface area contributed by atoms with E-state index in [4.69, 9.17) is 34.3 Å². The third kappa shape index (κ3) is 4.39. The minimum atomic E-state index is -0.496. The first kappa shape index (κ1) is 20.0. The van der Waals surface area contributed by atoms with Crippen molar-refractivity contribution in [2.75, 3.05) is 11.2 Å². The molecule has 0 spiro atoms. The second kappa shape index (κ2) is 8.52. The highest BCUT2D eigenvalue weighted by Gasteiger charge is 2.21. The van der Waals surface area contributed by atoms with E-state index in [0.717, 1.165) is 11.8 Å². The summed E-state index contributed by atoms with van der Waals surface area (Å²) in [4.78, 5) is 12.4. The van der Waals surface area contributed by atoms with Crippen LogP contribution in [-0.2, 0) is 4.79 Å². The van der Waals surface area contributed by atoms with E-state index in [0.29, 0.717) is 37.8 Å². The van der Waals surface area contributed by atoms with Gasteiger partial charge < -0.3 is 11.2 Å². The highest BCUT2D eigenvalue weighted by molar-refractivity contribution is 8.00. The smallest absolute Gasteiger partial charge is 0.237 e. The molecule has 1 heterocycles. The van der Waals surface area contributed by atoms with Gasteiger partial charge in [-0.15, -0.1) is 10.2 Å². The molecule has 0 bridgehead atoms. The van der Waals surface area contributed by atoms with Crippen LogP contribution in [0.1, 0.15) is 12.5 Å². The van der Waals surface area contributed by atoms with Crippen molar-refractivity contribution in [2.45, 2.75) is 17.3 Å². The van der Waals surface area contributed by atoms with Gasteiger partial charge in [-0.1, -0.05) is 35.0 Å². The van der Waals surface area contributed by atoms with Gasteiger partial charge in [0.1, 0.15) is 0 Å². The number of hydrogen-bond donors (Lipinski definition) is 2. The molecule has 142 valence electrons. The Bertz CT molecular complexity index is 1060. The van der Waals surface area contributed by atoms with Gasteiger partial charge in [0.2, 0.25) is 11.1 Å². The lowest BCUT2D eigenvalue weighted by Gasteiger charge is -2.12. The Morgan fingerprint density at radius 2 is 1.96 bits per heavy atom. The Balaban J connectivity index is 1.73. The van der Waals surface area contributed by atoms with Crippen LogP contribution in [0.2, 0.25) is 10.0 Å². The fourth-order valence-electron chi connectivity index (χ4n) is 2.29. The highest BCUT2D eigenvalue weighted by atomic mass is 35.5. The number of hydrogen-bond acceptors (Lipinski definition) is 6. The number of nitriles is 1. The zero-order chi connectivity index (χ0) is 20.3. The van der Waals surface area contributed by atoms with E-state index >= 15 is 0 Å². The minimum Gasteiger partial charge on any atom is -0.335 e. The Labute approximate surface area is 175 Å². The lowest BCUT2D eigenvalue weighted by molar-refractivity contribution is -0.115. The number of nitrogens with one attached hydrogen (secondary N) is 1. The average Bonchev–Trinajstić information content (AvgIpc) is 3.04. The number of thioether (sulfide) groups is 1. The van der Waals surface area contributed by atoms with Gasteiger partial charge in [-0.05, 0) is 49.4 Å². The van der Waals surface area contributed by atoms with Crippen molar-refractivity contribution in [2.24, 2.45) is 0 Å². The Kier molecular flexibility index (Phi) is 6.09. The van der Waals surface area contributed by atoms with E-state index < -0.39 is 5.25 Å². The van der Waals surface area contributed by atoms with Gasteiger partial charge in [0.15, 0.2) is 5.82 Å². The lowest BCUT2D eigenvalue weighted by Crippen LogP contribution is -2.23. The quantitative estimate of drug-likeness (QED) is 0.466. The zero-order valence-electron chi connectivity index (χ0n) is 14.6. The van der Waals surface area contributed by atoms with Crippen LogP contribution in [0.4, 0.5) is 5.69 Å². The number of nitrogens with zero attached hydrogens (tertiary/aromatic N) is 4. The summed E-state index contributed by atoms with van der Waals surface area (Å²) in [6, 6.07) is 13.6. The molecular weight excluding hydrogens is 419 g/mol. The Morgan fingerprint density at radius 1 is 1.25 bits per heavy atom. The van der Waals surface area contributed by atoms with E-state index in [1.165, 1.54) is 4.68 Å². The maximum absolute atomic E-state index is 12.4. The zero-order valence-corrected chi connectivity index (χ0v) is 16.9. The molecule has 0 fully saturated rings. The van der Waals surface area contributed by atoms with Crippen LogP contribution in [0.3, 0.4) is 0 Å². The molecule has 3 aromatic rings. The third-order valence-electron chi connectivity index (χ3n) is 3.77. The molecule has 28 heavy (non-hydrogen) atoms. The van der Waals surface area contributed by atoms with Crippen molar-refractivity contribution >= 4 is 46.6 Å². The fraction of sp³-hybridized carbons (Fsp3) is 0.111. The number of nitrogens with two attached hydrogens (primary N) is 1. The maximum Gasteiger partial charge on any atom is 0.237 e. The number of amides is 1. The molecule has 0 saturated carbocycles. The van der Waals surface area contributed by atoms with Crippen LogP contribution in [0.5, 0.6) is 0 Å². The molecule has 3 rings (SSSR count). The summed E-state index contributed by atoms with van der Waals surface area (Å²) in [6.07, 6.45) is 0. The number of aromatic nitrogens is 3. The predicted molar refractivity (Wildman–Crippen MR) is 111 cm³/mol. The summed E-state index contributed by atoms with van der Waals surface area (Å²) < 4.78 is 1.27. The van der Waals surface area contributed by atoms with E-state index in [-0.39, 0.29) is 5.91 Å².